The van der Waals surface area contributed by atoms with Crippen LogP contribution in [0.4, 0.5) is 0 Å². The molecule has 0 saturated carbocycles. The van der Waals surface area contributed by atoms with Crippen LogP contribution < -0.4 is 9.47 Å². The molecule has 5 nitrogen and oxygen atoms in total. The number of likely N-dealkylation sites (N-methyl/N-ethyl adjacent to an activating group) is 1. The van der Waals surface area contributed by atoms with E-state index >= 15 is 0 Å². The summed E-state index contributed by atoms with van der Waals surface area (Å²) in [5.74, 6) is 1.16. The SMILES string of the molecule is CN1CCC(Oc2ccc3c(c2)OC(C)(C)CC3=O)C1=O. The molecule has 1 atom stereocenters. The van der Waals surface area contributed by atoms with E-state index < -0.39 is 11.7 Å². The molecule has 0 bridgehead atoms. The molecule has 1 aromatic carbocycles. The monoisotopic (exact) mass is 289 g/mol. The van der Waals surface area contributed by atoms with E-state index in [-0.39, 0.29) is 11.7 Å². The Labute approximate surface area is 123 Å². The van der Waals surface area contributed by atoms with E-state index in [2.05, 4.69) is 0 Å². The van der Waals surface area contributed by atoms with Crippen LogP contribution in [-0.2, 0) is 4.79 Å². The second-order valence-electron chi connectivity index (χ2n) is 6.27. The van der Waals surface area contributed by atoms with Crippen LogP contribution in [0.3, 0.4) is 0 Å². The first-order valence-corrected chi connectivity index (χ1v) is 7.14. The molecule has 2 aliphatic heterocycles. The van der Waals surface area contributed by atoms with E-state index in [0.717, 1.165) is 0 Å². The lowest BCUT2D eigenvalue weighted by atomic mass is 9.93. The second-order valence-corrected chi connectivity index (χ2v) is 6.27. The van der Waals surface area contributed by atoms with Gasteiger partial charge in [-0.15, -0.1) is 0 Å². The third-order valence-corrected chi connectivity index (χ3v) is 3.88. The van der Waals surface area contributed by atoms with Crippen LogP contribution >= 0.6 is 0 Å². The van der Waals surface area contributed by atoms with Crippen LogP contribution in [0.1, 0.15) is 37.0 Å². The van der Waals surface area contributed by atoms with Gasteiger partial charge in [0.05, 0.1) is 12.0 Å². The van der Waals surface area contributed by atoms with E-state index in [9.17, 15) is 9.59 Å². The Bertz CT molecular complexity index is 608. The van der Waals surface area contributed by atoms with E-state index in [1.54, 1.807) is 30.1 Å². The van der Waals surface area contributed by atoms with Gasteiger partial charge in [-0.05, 0) is 26.0 Å². The molecule has 1 fully saturated rings. The van der Waals surface area contributed by atoms with Crippen molar-refractivity contribution in [1.82, 2.24) is 4.90 Å². The van der Waals surface area contributed by atoms with E-state index in [1.165, 1.54) is 0 Å². The first-order valence-electron chi connectivity index (χ1n) is 7.14. The molecule has 3 rings (SSSR count). The summed E-state index contributed by atoms with van der Waals surface area (Å²) in [7, 11) is 1.77. The van der Waals surface area contributed by atoms with Gasteiger partial charge in [0, 0.05) is 26.1 Å². The predicted molar refractivity (Wildman–Crippen MR) is 76.8 cm³/mol. The summed E-state index contributed by atoms with van der Waals surface area (Å²) in [6.45, 7) is 4.48. The maximum atomic E-state index is 12.1. The van der Waals surface area contributed by atoms with Crippen LogP contribution in [0.25, 0.3) is 0 Å². The summed E-state index contributed by atoms with van der Waals surface area (Å²) < 4.78 is 11.6. The van der Waals surface area contributed by atoms with Crippen LogP contribution in [0.2, 0.25) is 0 Å². The van der Waals surface area contributed by atoms with Gasteiger partial charge in [-0.1, -0.05) is 0 Å². The fourth-order valence-electron chi connectivity index (χ4n) is 2.77. The van der Waals surface area contributed by atoms with E-state index in [0.29, 0.717) is 36.4 Å². The van der Waals surface area contributed by atoms with Crippen molar-refractivity contribution in [3.05, 3.63) is 23.8 Å². The number of ether oxygens (including phenoxy) is 2. The maximum Gasteiger partial charge on any atom is 0.263 e. The average Bonchev–Trinajstić information content (AvgIpc) is 2.69. The normalized spacial score (nSPS) is 23.8. The number of benzene rings is 1. The van der Waals surface area contributed by atoms with Crippen molar-refractivity contribution < 1.29 is 19.1 Å². The van der Waals surface area contributed by atoms with Gasteiger partial charge in [0.15, 0.2) is 11.9 Å². The predicted octanol–water partition coefficient (Wildman–Crippen LogP) is 2.04. The average molecular weight is 289 g/mol. The Hall–Kier alpha value is -2.04. The van der Waals surface area contributed by atoms with Crippen LogP contribution in [0.15, 0.2) is 18.2 Å². The fourth-order valence-corrected chi connectivity index (χ4v) is 2.77. The number of carbonyl (C=O) groups excluding carboxylic acids is 2. The van der Waals surface area contributed by atoms with Crippen molar-refractivity contribution in [3.8, 4) is 11.5 Å². The number of fused-ring (bicyclic) bond motifs is 1. The summed E-state index contributed by atoms with van der Waals surface area (Å²) in [6.07, 6.45) is 0.601. The van der Waals surface area contributed by atoms with Gasteiger partial charge in [-0.3, -0.25) is 9.59 Å². The quantitative estimate of drug-likeness (QED) is 0.836. The highest BCUT2D eigenvalue weighted by Gasteiger charge is 2.34. The zero-order valence-electron chi connectivity index (χ0n) is 12.5. The number of ketones is 1. The minimum atomic E-state index is -0.508. The minimum absolute atomic E-state index is 0.00922. The number of hydrogen-bond donors (Lipinski definition) is 0. The zero-order valence-corrected chi connectivity index (χ0v) is 12.5. The Balaban J connectivity index is 1.83. The smallest absolute Gasteiger partial charge is 0.263 e. The molecule has 0 aromatic heterocycles. The number of hydrogen-bond acceptors (Lipinski definition) is 4. The summed E-state index contributed by atoms with van der Waals surface area (Å²) >= 11 is 0. The summed E-state index contributed by atoms with van der Waals surface area (Å²) in [4.78, 5) is 25.6. The highest BCUT2D eigenvalue weighted by atomic mass is 16.5. The summed E-state index contributed by atoms with van der Waals surface area (Å²) in [5.41, 5.74) is 0.0723. The van der Waals surface area contributed by atoms with Crippen molar-refractivity contribution in [2.24, 2.45) is 0 Å². The van der Waals surface area contributed by atoms with Gasteiger partial charge in [0.2, 0.25) is 0 Å². The molecule has 5 heteroatoms. The lowest BCUT2D eigenvalue weighted by Gasteiger charge is -2.31. The number of Topliss-reactive ketones (excluding diaryl/α,β-unsaturated/α-hetero) is 1. The lowest BCUT2D eigenvalue weighted by Crippen LogP contribution is -2.36. The standard InChI is InChI=1S/C16H19NO4/c1-16(2)9-12(18)11-5-4-10(8-14(11)21-16)20-13-6-7-17(3)15(13)19/h4-5,8,13H,6-7,9H2,1-3H3. The Morgan fingerprint density at radius 2 is 2.10 bits per heavy atom. The maximum absolute atomic E-state index is 12.1. The van der Waals surface area contributed by atoms with E-state index in [4.69, 9.17) is 9.47 Å². The second kappa shape index (κ2) is 4.76. The third-order valence-electron chi connectivity index (χ3n) is 3.88. The van der Waals surface area contributed by atoms with Crippen LogP contribution in [0, 0.1) is 0 Å². The first kappa shape index (κ1) is 13.9. The minimum Gasteiger partial charge on any atom is -0.486 e. The third kappa shape index (κ3) is 2.60. The molecule has 1 aromatic rings. The van der Waals surface area contributed by atoms with Crippen molar-refractivity contribution in [1.29, 1.82) is 0 Å². The van der Waals surface area contributed by atoms with Gasteiger partial charge in [0.1, 0.15) is 17.1 Å². The highest BCUT2D eigenvalue weighted by molar-refractivity contribution is 6.00. The Morgan fingerprint density at radius 1 is 1.33 bits per heavy atom. The van der Waals surface area contributed by atoms with Gasteiger partial charge >= 0.3 is 0 Å². The van der Waals surface area contributed by atoms with Gasteiger partial charge < -0.3 is 14.4 Å². The molecule has 0 radical (unpaired) electrons. The molecule has 0 N–H and O–H groups in total. The van der Waals surface area contributed by atoms with Crippen molar-refractivity contribution in [3.63, 3.8) is 0 Å². The van der Waals surface area contributed by atoms with Gasteiger partial charge in [-0.2, -0.15) is 0 Å². The number of likely N-dealkylation sites (tertiary alicyclic amines) is 1. The fraction of sp³-hybridized carbons (Fsp3) is 0.500. The molecular weight excluding hydrogens is 270 g/mol. The molecular formula is C16H19NO4. The molecule has 21 heavy (non-hydrogen) atoms. The van der Waals surface area contributed by atoms with Gasteiger partial charge in [0.25, 0.3) is 5.91 Å². The topological polar surface area (TPSA) is 55.8 Å². The van der Waals surface area contributed by atoms with Crippen LogP contribution in [0.5, 0.6) is 11.5 Å². The molecule has 0 spiro atoms. The summed E-state index contributed by atoms with van der Waals surface area (Å²) in [5, 5.41) is 0. The lowest BCUT2D eigenvalue weighted by molar-refractivity contribution is -0.132. The molecule has 0 aliphatic carbocycles. The number of rotatable bonds is 2. The van der Waals surface area contributed by atoms with Crippen molar-refractivity contribution >= 4 is 11.7 Å². The van der Waals surface area contributed by atoms with Crippen molar-refractivity contribution in [2.45, 2.75) is 38.4 Å². The molecule has 1 saturated heterocycles. The number of amides is 1. The van der Waals surface area contributed by atoms with Crippen LogP contribution in [-0.4, -0.2) is 41.9 Å². The molecule has 1 unspecified atom stereocenters. The van der Waals surface area contributed by atoms with Crippen molar-refractivity contribution in [2.75, 3.05) is 13.6 Å². The molecule has 2 aliphatic rings. The highest BCUT2D eigenvalue weighted by Crippen LogP contribution is 2.36. The first-order chi connectivity index (χ1) is 9.85. The van der Waals surface area contributed by atoms with E-state index in [1.807, 2.05) is 13.8 Å². The zero-order chi connectivity index (χ0) is 15.2. The molecule has 2 heterocycles. The summed E-state index contributed by atoms with van der Waals surface area (Å²) in [6, 6.07) is 5.15. The molecule has 112 valence electrons. The number of nitrogens with zero attached hydrogens (tertiary/aromatic N) is 1. The largest absolute Gasteiger partial charge is 0.486 e. The number of carbonyl (C=O) groups is 2. The van der Waals surface area contributed by atoms with Gasteiger partial charge in [-0.25, -0.2) is 0 Å². The Kier molecular flexibility index (Phi) is 3.15. The Morgan fingerprint density at radius 3 is 2.76 bits per heavy atom. The molecule has 1 amide bonds.